The molecule has 0 N–H and O–H groups in total. The van der Waals surface area contributed by atoms with Gasteiger partial charge in [-0.25, -0.2) is 0 Å². The van der Waals surface area contributed by atoms with Gasteiger partial charge in [0.2, 0.25) is 0 Å². The first kappa shape index (κ1) is 14.8. The largest absolute Gasteiger partial charge is 0.487 e. The van der Waals surface area contributed by atoms with Gasteiger partial charge in [0.25, 0.3) is 0 Å². The monoisotopic (exact) mass is 271 g/mol. The molecule has 0 saturated heterocycles. The molecule has 0 spiro atoms. The van der Waals surface area contributed by atoms with E-state index in [1.165, 1.54) is 6.07 Å². The summed E-state index contributed by atoms with van der Waals surface area (Å²) in [5.74, 6) is 0.320. The van der Waals surface area contributed by atoms with Crippen LogP contribution in [-0.4, -0.2) is 16.9 Å². The van der Waals surface area contributed by atoms with Crippen molar-refractivity contribution < 1.29 is 9.66 Å². The molecule has 0 amide bonds. The topological polar surface area (TPSA) is 52.4 Å². The molecule has 5 heteroatoms. The summed E-state index contributed by atoms with van der Waals surface area (Å²) >= 11 is 6.17. The molecule has 0 heterocycles. The lowest BCUT2D eigenvalue weighted by atomic mass is 10.1. The number of nitro benzene ring substituents is 1. The van der Waals surface area contributed by atoms with Crippen LogP contribution < -0.4 is 4.74 Å². The highest BCUT2D eigenvalue weighted by Gasteiger charge is 2.16. The quantitative estimate of drug-likeness (QED) is 0.429. The molecule has 1 unspecified atom stereocenters. The van der Waals surface area contributed by atoms with Crippen LogP contribution in [-0.2, 0) is 6.42 Å². The van der Waals surface area contributed by atoms with Gasteiger partial charge < -0.3 is 4.74 Å². The zero-order valence-corrected chi connectivity index (χ0v) is 11.4. The maximum absolute atomic E-state index is 10.8. The molecule has 18 heavy (non-hydrogen) atoms. The Bertz CT molecular complexity index is 409. The van der Waals surface area contributed by atoms with E-state index < -0.39 is 4.92 Å². The van der Waals surface area contributed by atoms with Gasteiger partial charge >= 0.3 is 5.69 Å². The summed E-state index contributed by atoms with van der Waals surface area (Å²) in [5.41, 5.74) is 0.972. The molecular weight excluding hydrogens is 254 g/mol. The summed E-state index contributed by atoms with van der Waals surface area (Å²) in [4.78, 5) is 10.4. The number of benzene rings is 1. The summed E-state index contributed by atoms with van der Waals surface area (Å²) in [6.45, 7) is 4.29. The summed E-state index contributed by atoms with van der Waals surface area (Å²) in [6, 6.07) is 4.94. The second kappa shape index (κ2) is 7.21. The second-order valence-electron chi connectivity index (χ2n) is 4.08. The minimum Gasteiger partial charge on any atom is -0.487 e. The van der Waals surface area contributed by atoms with E-state index in [1.807, 2.05) is 0 Å². The van der Waals surface area contributed by atoms with Crippen LogP contribution in [0.1, 0.15) is 32.3 Å². The van der Waals surface area contributed by atoms with Crippen LogP contribution in [0.25, 0.3) is 0 Å². The van der Waals surface area contributed by atoms with Crippen LogP contribution in [0.4, 0.5) is 5.69 Å². The average molecular weight is 272 g/mol. The zero-order chi connectivity index (χ0) is 13.5. The third-order valence-corrected chi connectivity index (χ3v) is 2.95. The molecule has 0 aliphatic rings. The molecule has 4 nitrogen and oxygen atoms in total. The third-order valence-electron chi connectivity index (χ3n) is 2.58. The first-order valence-corrected chi connectivity index (χ1v) is 6.56. The maximum atomic E-state index is 10.8. The maximum Gasteiger partial charge on any atom is 0.310 e. The molecule has 0 bridgehead atoms. The molecule has 0 aromatic heterocycles. The highest BCUT2D eigenvalue weighted by atomic mass is 35.5. The number of alkyl halides is 1. The fourth-order valence-corrected chi connectivity index (χ4v) is 2.17. The Kier molecular flexibility index (Phi) is 5.92. The summed E-state index contributed by atoms with van der Waals surface area (Å²) in [6.07, 6.45) is 2.66. The second-order valence-corrected chi connectivity index (χ2v) is 4.70. The number of rotatable bonds is 7. The van der Waals surface area contributed by atoms with E-state index in [2.05, 4.69) is 6.92 Å². The summed E-state index contributed by atoms with van der Waals surface area (Å²) in [7, 11) is 0. The standard InChI is InChI=1S/C13H18ClNO3/c1-3-5-11(14)8-10-6-7-12(15(16)17)13(9-10)18-4-2/h6-7,9,11H,3-5,8H2,1-2H3. The first-order valence-electron chi connectivity index (χ1n) is 6.12. The van der Waals surface area contributed by atoms with Gasteiger partial charge in [0, 0.05) is 11.4 Å². The summed E-state index contributed by atoms with van der Waals surface area (Å²) < 4.78 is 5.30. The van der Waals surface area contributed by atoms with E-state index in [-0.39, 0.29) is 11.1 Å². The minimum atomic E-state index is -0.432. The molecule has 1 aromatic rings. The first-order chi connectivity index (χ1) is 8.58. The molecule has 0 fully saturated rings. The van der Waals surface area contributed by atoms with Gasteiger partial charge in [0.05, 0.1) is 11.5 Å². The van der Waals surface area contributed by atoms with E-state index in [0.29, 0.717) is 18.8 Å². The van der Waals surface area contributed by atoms with Gasteiger partial charge in [-0.15, -0.1) is 11.6 Å². The van der Waals surface area contributed by atoms with E-state index in [9.17, 15) is 10.1 Å². The van der Waals surface area contributed by atoms with Crippen LogP contribution in [0.5, 0.6) is 5.75 Å². The minimum absolute atomic E-state index is 0.00205. The van der Waals surface area contributed by atoms with Crippen molar-refractivity contribution in [1.82, 2.24) is 0 Å². The Morgan fingerprint density at radius 1 is 1.44 bits per heavy atom. The van der Waals surface area contributed by atoms with Crippen LogP contribution in [0.2, 0.25) is 0 Å². The Hall–Kier alpha value is -1.29. The molecule has 1 aromatic carbocycles. The van der Waals surface area contributed by atoms with E-state index in [4.69, 9.17) is 16.3 Å². The van der Waals surface area contributed by atoms with Gasteiger partial charge in [-0.3, -0.25) is 10.1 Å². The van der Waals surface area contributed by atoms with Crippen molar-refractivity contribution in [3.63, 3.8) is 0 Å². The van der Waals surface area contributed by atoms with E-state index >= 15 is 0 Å². The smallest absolute Gasteiger partial charge is 0.310 e. The van der Waals surface area contributed by atoms with E-state index in [1.54, 1.807) is 19.1 Å². The van der Waals surface area contributed by atoms with Crippen LogP contribution >= 0.6 is 11.6 Å². The Morgan fingerprint density at radius 3 is 2.72 bits per heavy atom. The Balaban J connectivity index is 2.88. The highest BCUT2D eigenvalue weighted by Crippen LogP contribution is 2.29. The van der Waals surface area contributed by atoms with Crippen molar-refractivity contribution in [3.05, 3.63) is 33.9 Å². The fraction of sp³-hybridized carbons (Fsp3) is 0.538. The van der Waals surface area contributed by atoms with Crippen LogP contribution in [0.3, 0.4) is 0 Å². The number of hydrogen-bond donors (Lipinski definition) is 0. The molecule has 1 rings (SSSR count). The van der Waals surface area contributed by atoms with Gasteiger partial charge in [-0.2, -0.15) is 0 Å². The van der Waals surface area contributed by atoms with E-state index in [0.717, 1.165) is 18.4 Å². The molecule has 0 radical (unpaired) electrons. The normalized spacial score (nSPS) is 12.2. The van der Waals surface area contributed by atoms with Crippen molar-refractivity contribution in [2.45, 2.75) is 38.5 Å². The predicted octanol–water partition coefficient (Wildman–Crippen LogP) is 3.94. The lowest BCUT2D eigenvalue weighted by Gasteiger charge is -2.10. The molecule has 100 valence electrons. The van der Waals surface area contributed by atoms with Gasteiger partial charge in [0.15, 0.2) is 5.75 Å². The predicted molar refractivity (Wildman–Crippen MR) is 72.5 cm³/mol. The van der Waals surface area contributed by atoms with Crippen molar-refractivity contribution in [1.29, 1.82) is 0 Å². The van der Waals surface area contributed by atoms with Crippen molar-refractivity contribution >= 4 is 17.3 Å². The van der Waals surface area contributed by atoms with Crippen LogP contribution in [0.15, 0.2) is 18.2 Å². The van der Waals surface area contributed by atoms with Gasteiger partial charge in [-0.1, -0.05) is 19.4 Å². The highest BCUT2D eigenvalue weighted by molar-refractivity contribution is 6.20. The number of ether oxygens (including phenoxy) is 1. The Labute approximate surface area is 112 Å². The van der Waals surface area contributed by atoms with Crippen LogP contribution in [0, 0.1) is 10.1 Å². The Morgan fingerprint density at radius 2 is 2.17 bits per heavy atom. The van der Waals surface area contributed by atoms with Gasteiger partial charge in [-0.05, 0) is 31.4 Å². The molecule has 0 saturated carbocycles. The number of halogens is 1. The number of nitro groups is 1. The summed E-state index contributed by atoms with van der Waals surface area (Å²) in [5, 5.41) is 10.9. The average Bonchev–Trinajstić information content (AvgIpc) is 2.29. The zero-order valence-electron chi connectivity index (χ0n) is 10.7. The molecule has 1 atom stereocenters. The molecule has 0 aliphatic carbocycles. The van der Waals surface area contributed by atoms with Crippen molar-refractivity contribution in [3.8, 4) is 5.75 Å². The fourth-order valence-electron chi connectivity index (χ4n) is 1.78. The molecule has 0 aliphatic heterocycles. The lowest BCUT2D eigenvalue weighted by molar-refractivity contribution is -0.385. The number of hydrogen-bond acceptors (Lipinski definition) is 3. The third kappa shape index (κ3) is 4.18. The van der Waals surface area contributed by atoms with Gasteiger partial charge in [0.1, 0.15) is 0 Å². The van der Waals surface area contributed by atoms with Crippen molar-refractivity contribution in [2.75, 3.05) is 6.61 Å². The number of nitrogens with zero attached hydrogens (tertiary/aromatic N) is 1. The SMILES string of the molecule is CCCC(Cl)Cc1ccc([N+](=O)[O-])c(OCC)c1. The molecular formula is C13H18ClNO3. The lowest BCUT2D eigenvalue weighted by Crippen LogP contribution is -2.04. The van der Waals surface area contributed by atoms with Crippen molar-refractivity contribution in [2.24, 2.45) is 0 Å².